The molecule has 0 aliphatic carbocycles. The lowest BCUT2D eigenvalue weighted by Crippen LogP contribution is -1.76. The van der Waals surface area contributed by atoms with Gasteiger partial charge in [-0.1, -0.05) is 60.7 Å². The second kappa shape index (κ2) is 6.72. The highest BCUT2D eigenvalue weighted by molar-refractivity contribution is 7.35. The standard InChI is InChI=1S/C14H13N2P/c1-3-7-13(8-4-1)11-15-17-16-12-14-9-5-2-6-10-14/h1-12,17H. The van der Waals surface area contributed by atoms with E-state index in [1.807, 2.05) is 73.1 Å². The molecule has 2 aromatic rings. The van der Waals surface area contributed by atoms with Crippen molar-refractivity contribution in [2.45, 2.75) is 0 Å². The van der Waals surface area contributed by atoms with Gasteiger partial charge >= 0.3 is 0 Å². The first-order valence-electron chi connectivity index (χ1n) is 5.36. The summed E-state index contributed by atoms with van der Waals surface area (Å²) < 4.78 is 8.52. The molecule has 0 atom stereocenters. The summed E-state index contributed by atoms with van der Waals surface area (Å²) in [7, 11) is 0.222. The second-order valence-electron chi connectivity index (χ2n) is 3.44. The van der Waals surface area contributed by atoms with Crippen LogP contribution in [0.25, 0.3) is 0 Å². The van der Waals surface area contributed by atoms with E-state index in [1.54, 1.807) is 0 Å². The molecule has 0 fully saturated rings. The number of hydrogen-bond donors (Lipinski definition) is 0. The van der Waals surface area contributed by atoms with E-state index >= 15 is 0 Å². The minimum Gasteiger partial charge on any atom is -0.248 e. The molecule has 84 valence electrons. The molecular weight excluding hydrogens is 227 g/mol. The highest BCUT2D eigenvalue weighted by atomic mass is 31.1. The van der Waals surface area contributed by atoms with Crippen molar-refractivity contribution in [1.29, 1.82) is 0 Å². The van der Waals surface area contributed by atoms with Gasteiger partial charge in [0, 0.05) is 12.4 Å². The molecule has 0 unspecified atom stereocenters. The Bertz CT molecular complexity index is 445. The molecule has 0 spiro atoms. The third kappa shape index (κ3) is 4.29. The molecule has 2 nitrogen and oxygen atoms in total. The van der Waals surface area contributed by atoms with E-state index in [2.05, 4.69) is 9.53 Å². The Kier molecular flexibility index (Phi) is 4.62. The molecule has 2 aromatic carbocycles. The van der Waals surface area contributed by atoms with E-state index in [4.69, 9.17) is 0 Å². The molecule has 0 saturated carbocycles. The number of hydrogen-bond acceptors (Lipinski definition) is 2. The van der Waals surface area contributed by atoms with E-state index in [1.165, 1.54) is 0 Å². The molecule has 0 heterocycles. The van der Waals surface area contributed by atoms with Gasteiger partial charge in [0.25, 0.3) is 0 Å². The largest absolute Gasteiger partial charge is 0.248 e. The first-order chi connectivity index (χ1) is 8.45. The molecule has 17 heavy (non-hydrogen) atoms. The van der Waals surface area contributed by atoms with Crippen LogP contribution in [-0.2, 0) is 0 Å². The third-order valence-corrected chi connectivity index (χ3v) is 2.63. The summed E-state index contributed by atoms with van der Waals surface area (Å²) in [5, 5.41) is 0. The first kappa shape index (κ1) is 11.7. The fourth-order valence-corrected chi connectivity index (χ4v) is 1.80. The van der Waals surface area contributed by atoms with Gasteiger partial charge in [-0.2, -0.15) is 0 Å². The van der Waals surface area contributed by atoms with Crippen LogP contribution in [0.1, 0.15) is 11.1 Å². The average Bonchev–Trinajstić information content (AvgIpc) is 2.41. The molecule has 2 rings (SSSR count). The number of rotatable bonds is 4. The molecular formula is C14H13N2P. The fourth-order valence-electron chi connectivity index (χ4n) is 1.32. The summed E-state index contributed by atoms with van der Waals surface area (Å²) in [5.74, 6) is 0. The van der Waals surface area contributed by atoms with Gasteiger partial charge < -0.3 is 0 Å². The van der Waals surface area contributed by atoms with Crippen LogP contribution in [0.2, 0.25) is 0 Å². The zero-order chi connectivity index (χ0) is 11.8. The van der Waals surface area contributed by atoms with Crippen LogP contribution >= 0.6 is 8.88 Å². The second-order valence-corrected chi connectivity index (χ2v) is 4.15. The van der Waals surface area contributed by atoms with Gasteiger partial charge in [0.15, 0.2) is 0 Å². The Morgan fingerprint density at radius 1 is 0.647 bits per heavy atom. The van der Waals surface area contributed by atoms with Crippen molar-refractivity contribution >= 4 is 21.3 Å². The predicted molar refractivity (Wildman–Crippen MR) is 76.4 cm³/mol. The zero-order valence-corrected chi connectivity index (χ0v) is 10.3. The summed E-state index contributed by atoms with van der Waals surface area (Å²) in [6, 6.07) is 20.1. The van der Waals surface area contributed by atoms with Crippen LogP contribution < -0.4 is 0 Å². The van der Waals surface area contributed by atoms with Crippen LogP contribution in [-0.4, -0.2) is 12.4 Å². The summed E-state index contributed by atoms with van der Waals surface area (Å²) in [4.78, 5) is 0. The minimum atomic E-state index is 0.222. The minimum absolute atomic E-state index is 0.222. The smallest absolute Gasteiger partial charge is 0.121 e. The van der Waals surface area contributed by atoms with E-state index in [9.17, 15) is 0 Å². The van der Waals surface area contributed by atoms with Crippen LogP contribution in [0, 0.1) is 0 Å². The van der Waals surface area contributed by atoms with Crippen LogP contribution in [0.4, 0.5) is 0 Å². The first-order valence-corrected chi connectivity index (χ1v) is 6.26. The highest BCUT2D eigenvalue weighted by Crippen LogP contribution is 2.13. The lowest BCUT2D eigenvalue weighted by atomic mass is 10.2. The quantitative estimate of drug-likeness (QED) is 0.574. The molecule has 0 aliphatic heterocycles. The van der Waals surface area contributed by atoms with Crippen molar-refractivity contribution in [2.75, 3.05) is 0 Å². The highest BCUT2D eigenvalue weighted by Gasteiger charge is 1.84. The Labute approximate surface area is 103 Å². The predicted octanol–water partition coefficient (Wildman–Crippen LogP) is 3.73. The maximum Gasteiger partial charge on any atom is 0.121 e. The lowest BCUT2D eigenvalue weighted by Gasteiger charge is -1.90. The zero-order valence-electron chi connectivity index (χ0n) is 9.32. The summed E-state index contributed by atoms with van der Waals surface area (Å²) in [5.41, 5.74) is 2.21. The van der Waals surface area contributed by atoms with Gasteiger partial charge in [0.2, 0.25) is 0 Å². The normalized spacial score (nSPS) is 12.0. The van der Waals surface area contributed by atoms with Crippen molar-refractivity contribution in [3.63, 3.8) is 0 Å². The fraction of sp³-hybridized carbons (Fsp3) is 0. The van der Waals surface area contributed by atoms with Gasteiger partial charge in [0.05, 0.1) is 0 Å². The maximum absolute atomic E-state index is 4.26. The van der Waals surface area contributed by atoms with Gasteiger partial charge in [-0.05, 0) is 11.1 Å². The third-order valence-electron chi connectivity index (χ3n) is 2.14. The molecule has 3 heteroatoms. The van der Waals surface area contributed by atoms with Crippen molar-refractivity contribution in [1.82, 2.24) is 0 Å². The summed E-state index contributed by atoms with van der Waals surface area (Å²) >= 11 is 0. The van der Waals surface area contributed by atoms with Gasteiger partial charge in [0.1, 0.15) is 8.88 Å². The molecule has 0 aromatic heterocycles. The van der Waals surface area contributed by atoms with Crippen LogP contribution in [0.5, 0.6) is 0 Å². The van der Waals surface area contributed by atoms with E-state index in [0.29, 0.717) is 0 Å². The van der Waals surface area contributed by atoms with Gasteiger partial charge in [-0.25, -0.2) is 9.53 Å². The molecule has 0 bridgehead atoms. The molecule has 0 amide bonds. The Balaban J connectivity index is 1.84. The van der Waals surface area contributed by atoms with Crippen molar-refractivity contribution < 1.29 is 0 Å². The average molecular weight is 240 g/mol. The molecule has 0 aliphatic rings. The van der Waals surface area contributed by atoms with Crippen molar-refractivity contribution in [2.24, 2.45) is 9.53 Å². The Morgan fingerprint density at radius 3 is 1.47 bits per heavy atom. The van der Waals surface area contributed by atoms with Crippen molar-refractivity contribution in [3.05, 3.63) is 71.8 Å². The Morgan fingerprint density at radius 2 is 1.06 bits per heavy atom. The topological polar surface area (TPSA) is 24.7 Å². The van der Waals surface area contributed by atoms with E-state index in [0.717, 1.165) is 11.1 Å². The lowest BCUT2D eigenvalue weighted by molar-refractivity contribution is 1.65. The van der Waals surface area contributed by atoms with Gasteiger partial charge in [-0.3, -0.25) is 0 Å². The van der Waals surface area contributed by atoms with E-state index in [-0.39, 0.29) is 8.88 Å². The number of nitrogens with zero attached hydrogens (tertiary/aromatic N) is 2. The molecule has 0 saturated heterocycles. The molecule has 0 N–H and O–H groups in total. The number of benzene rings is 2. The summed E-state index contributed by atoms with van der Waals surface area (Å²) in [6.45, 7) is 0. The SMILES string of the molecule is C(=NPN=Cc1ccccc1)c1ccccc1. The van der Waals surface area contributed by atoms with Crippen molar-refractivity contribution in [3.8, 4) is 0 Å². The van der Waals surface area contributed by atoms with Crippen LogP contribution in [0.3, 0.4) is 0 Å². The maximum atomic E-state index is 4.26. The monoisotopic (exact) mass is 240 g/mol. The Hall–Kier alpha value is -1.79. The van der Waals surface area contributed by atoms with Crippen LogP contribution in [0.15, 0.2) is 70.2 Å². The van der Waals surface area contributed by atoms with Gasteiger partial charge in [-0.15, -0.1) is 0 Å². The summed E-state index contributed by atoms with van der Waals surface area (Å²) in [6.07, 6.45) is 3.70. The molecule has 0 radical (unpaired) electrons. The van der Waals surface area contributed by atoms with E-state index < -0.39 is 0 Å².